The maximum absolute atomic E-state index is 11.6. The predicted octanol–water partition coefficient (Wildman–Crippen LogP) is 0.001000. The van der Waals surface area contributed by atoms with E-state index in [0.717, 1.165) is 13.1 Å². The molecule has 0 unspecified atom stereocenters. The molecule has 5 nitrogen and oxygen atoms in total. The summed E-state index contributed by atoms with van der Waals surface area (Å²) >= 11 is 0. The molecular weight excluding hydrogens is 192 g/mol. The highest BCUT2D eigenvalue weighted by atomic mass is 16.2. The predicted molar refractivity (Wildman–Crippen MR) is 56.4 cm³/mol. The molecule has 2 heterocycles. The van der Waals surface area contributed by atoms with Gasteiger partial charge in [0, 0.05) is 39.6 Å². The average molecular weight is 206 g/mol. The van der Waals surface area contributed by atoms with Crippen LogP contribution >= 0.6 is 0 Å². The minimum Gasteiger partial charge on any atom is -0.348 e. The number of aromatic nitrogens is 2. The Bertz CT molecular complexity index is 346. The molecule has 0 atom stereocenters. The lowest BCUT2D eigenvalue weighted by atomic mass is 9.99. The molecule has 0 bridgehead atoms. The van der Waals surface area contributed by atoms with Crippen molar-refractivity contribution in [3.8, 4) is 0 Å². The third kappa shape index (κ3) is 1.91. The Labute approximate surface area is 88.7 Å². The van der Waals surface area contributed by atoms with Gasteiger partial charge in [0.2, 0.25) is 11.9 Å². The van der Waals surface area contributed by atoms with Crippen LogP contribution in [0.1, 0.15) is 0 Å². The molecule has 1 aliphatic rings. The van der Waals surface area contributed by atoms with Crippen molar-refractivity contribution in [2.24, 2.45) is 5.92 Å². The molecular formula is C10H14N4O. The van der Waals surface area contributed by atoms with Crippen LogP contribution in [0.4, 0.5) is 5.95 Å². The van der Waals surface area contributed by atoms with Crippen LogP contribution in [-0.4, -0.2) is 48.0 Å². The molecule has 5 heteroatoms. The molecule has 2 rings (SSSR count). The summed E-state index contributed by atoms with van der Waals surface area (Å²) in [6, 6.07) is 1.78. The Morgan fingerprint density at radius 3 is 2.53 bits per heavy atom. The molecule has 1 aromatic rings. The molecule has 0 aliphatic carbocycles. The van der Waals surface area contributed by atoms with E-state index in [9.17, 15) is 4.79 Å². The number of hydrogen-bond acceptors (Lipinski definition) is 4. The zero-order valence-electron chi connectivity index (χ0n) is 8.92. The molecule has 15 heavy (non-hydrogen) atoms. The maximum Gasteiger partial charge on any atom is 0.228 e. The van der Waals surface area contributed by atoms with E-state index in [4.69, 9.17) is 0 Å². The zero-order valence-corrected chi connectivity index (χ0v) is 8.92. The summed E-state index contributed by atoms with van der Waals surface area (Å²) in [5, 5.41) is 0. The molecule has 1 amide bonds. The molecule has 1 aromatic heterocycles. The number of amides is 1. The highest BCUT2D eigenvalue weighted by molar-refractivity contribution is 5.81. The Balaban J connectivity index is 1.92. The van der Waals surface area contributed by atoms with Gasteiger partial charge in [0.05, 0.1) is 5.92 Å². The van der Waals surface area contributed by atoms with Gasteiger partial charge in [-0.15, -0.1) is 0 Å². The van der Waals surface area contributed by atoms with Crippen LogP contribution < -0.4 is 4.90 Å². The van der Waals surface area contributed by atoms with Crippen LogP contribution in [0.3, 0.4) is 0 Å². The summed E-state index contributed by atoms with van der Waals surface area (Å²) in [5.74, 6) is 0.992. The second-order valence-electron chi connectivity index (χ2n) is 3.88. The van der Waals surface area contributed by atoms with Gasteiger partial charge in [-0.05, 0) is 6.07 Å². The Morgan fingerprint density at radius 1 is 1.40 bits per heavy atom. The zero-order chi connectivity index (χ0) is 10.8. The molecule has 80 valence electrons. The molecule has 0 spiro atoms. The van der Waals surface area contributed by atoms with Crippen LogP contribution in [0, 0.1) is 5.92 Å². The van der Waals surface area contributed by atoms with Crippen molar-refractivity contribution >= 4 is 11.9 Å². The fourth-order valence-corrected chi connectivity index (χ4v) is 1.62. The minimum atomic E-state index is 0.101. The van der Waals surface area contributed by atoms with E-state index in [0.29, 0.717) is 5.95 Å². The summed E-state index contributed by atoms with van der Waals surface area (Å²) < 4.78 is 0. The molecule has 0 saturated carbocycles. The van der Waals surface area contributed by atoms with Gasteiger partial charge in [-0.2, -0.15) is 0 Å². The van der Waals surface area contributed by atoms with E-state index in [2.05, 4.69) is 9.97 Å². The fourth-order valence-electron chi connectivity index (χ4n) is 1.62. The van der Waals surface area contributed by atoms with Crippen molar-refractivity contribution in [1.82, 2.24) is 14.9 Å². The lowest BCUT2D eigenvalue weighted by molar-refractivity contribution is -0.133. The van der Waals surface area contributed by atoms with Gasteiger partial charge in [0.25, 0.3) is 0 Å². The average Bonchev–Trinajstić information content (AvgIpc) is 2.17. The van der Waals surface area contributed by atoms with Gasteiger partial charge in [-0.25, -0.2) is 9.97 Å². The number of carbonyl (C=O) groups is 1. The Kier molecular flexibility index (Phi) is 2.53. The van der Waals surface area contributed by atoms with Gasteiger partial charge in [-0.1, -0.05) is 0 Å². The van der Waals surface area contributed by atoms with E-state index in [1.165, 1.54) is 0 Å². The third-order valence-corrected chi connectivity index (χ3v) is 2.51. The van der Waals surface area contributed by atoms with Crippen molar-refractivity contribution < 1.29 is 4.79 Å². The highest BCUT2D eigenvalue weighted by Gasteiger charge is 2.34. The number of anilines is 1. The van der Waals surface area contributed by atoms with Crippen LogP contribution in [0.2, 0.25) is 0 Å². The first-order chi connectivity index (χ1) is 7.18. The van der Waals surface area contributed by atoms with Crippen molar-refractivity contribution in [3.63, 3.8) is 0 Å². The summed E-state index contributed by atoms with van der Waals surface area (Å²) in [6.45, 7) is 1.45. The molecule has 0 radical (unpaired) electrons. The van der Waals surface area contributed by atoms with Gasteiger partial charge < -0.3 is 9.80 Å². The first-order valence-corrected chi connectivity index (χ1v) is 4.91. The molecule has 1 saturated heterocycles. The smallest absolute Gasteiger partial charge is 0.228 e. The van der Waals surface area contributed by atoms with E-state index >= 15 is 0 Å². The van der Waals surface area contributed by atoms with Gasteiger partial charge in [0.15, 0.2) is 0 Å². The quantitative estimate of drug-likeness (QED) is 0.683. The minimum absolute atomic E-state index is 0.101. The summed E-state index contributed by atoms with van der Waals surface area (Å²) in [5.41, 5.74) is 0. The third-order valence-electron chi connectivity index (χ3n) is 2.51. The maximum atomic E-state index is 11.6. The molecule has 0 N–H and O–H groups in total. The number of hydrogen-bond donors (Lipinski definition) is 0. The second kappa shape index (κ2) is 3.84. The van der Waals surface area contributed by atoms with E-state index in [1.807, 2.05) is 4.90 Å². The number of nitrogens with zero attached hydrogens (tertiary/aromatic N) is 4. The fraction of sp³-hybridized carbons (Fsp3) is 0.500. The summed E-state index contributed by atoms with van der Waals surface area (Å²) in [7, 11) is 3.56. The molecule has 1 aliphatic heterocycles. The van der Waals surface area contributed by atoms with Crippen LogP contribution in [0.5, 0.6) is 0 Å². The largest absolute Gasteiger partial charge is 0.348 e. The lowest BCUT2D eigenvalue weighted by Gasteiger charge is -2.39. The normalized spacial score (nSPS) is 16.0. The number of rotatable bonds is 2. The summed E-state index contributed by atoms with van der Waals surface area (Å²) in [6.07, 6.45) is 3.42. The van der Waals surface area contributed by atoms with Crippen LogP contribution in [0.25, 0.3) is 0 Å². The van der Waals surface area contributed by atoms with Crippen molar-refractivity contribution in [2.45, 2.75) is 0 Å². The molecule has 1 fully saturated rings. The van der Waals surface area contributed by atoms with Crippen LogP contribution in [0.15, 0.2) is 18.5 Å². The van der Waals surface area contributed by atoms with Crippen molar-refractivity contribution in [2.75, 3.05) is 32.1 Å². The highest BCUT2D eigenvalue weighted by Crippen LogP contribution is 2.21. The van der Waals surface area contributed by atoms with Crippen molar-refractivity contribution in [3.05, 3.63) is 18.5 Å². The lowest BCUT2D eigenvalue weighted by Crippen LogP contribution is -2.54. The Hall–Kier alpha value is -1.65. The van der Waals surface area contributed by atoms with E-state index in [1.54, 1.807) is 37.5 Å². The monoisotopic (exact) mass is 206 g/mol. The van der Waals surface area contributed by atoms with Gasteiger partial charge >= 0.3 is 0 Å². The summed E-state index contributed by atoms with van der Waals surface area (Å²) in [4.78, 5) is 23.5. The van der Waals surface area contributed by atoms with E-state index in [-0.39, 0.29) is 11.8 Å². The van der Waals surface area contributed by atoms with Crippen molar-refractivity contribution in [1.29, 1.82) is 0 Å². The van der Waals surface area contributed by atoms with E-state index < -0.39 is 0 Å². The second-order valence-corrected chi connectivity index (χ2v) is 3.88. The Morgan fingerprint density at radius 2 is 2.00 bits per heavy atom. The topological polar surface area (TPSA) is 49.3 Å². The molecule has 0 aromatic carbocycles. The van der Waals surface area contributed by atoms with Crippen LogP contribution in [-0.2, 0) is 4.79 Å². The number of carbonyl (C=O) groups excluding carboxylic acids is 1. The SMILES string of the molecule is CN(C)C(=O)C1CN(c2ncccn2)C1. The van der Waals surface area contributed by atoms with Gasteiger partial charge in [-0.3, -0.25) is 4.79 Å². The standard InChI is InChI=1S/C10H14N4O/c1-13(2)9(15)8-6-14(7-8)10-11-4-3-5-12-10/h3-5,8H,6-7H2,1-2H3. The first-order valence-electron chi connectivity index (χ1n) is 4.91. The van der Waals surface area contributed by atoms with Gasteiger partial charge in [0.1, 0.15) is 0 Å². The first kappa shape index (κ1) is 9.89.